The van der Waals surface area contributed by atoms with Gasteiger partial charge in [0.05, 0.1) is 19.3 Å². The highest BCUT2D eigenvalue weighted by molar-refractivity contribution is 5.96. The Morgan fingerprint density at radius 3 is 2.58 bits per heavy atom. The van der Waals surface area contributed by atoms with E-state index in [1.807, 2.05) is 23.1 Å². The zero-order chi connectivity index (χ0) is 17.9. The molecule has 2 heterocycles. The van der Waals surface area contributed by atoms with Crippen molar-refractivity contribution in [2.24, 2.45) is 0 Å². The first-order valence-electron chi connectivity index (χ1n) is 9.28. The van der Waals surface area contributed by atoms with E-state index in [2.05, 4.69) is 34.5 Å². The number of piperazine rings is 1. The summed E-state index contributed by atoms with van der Waals surface area (Å²) in [6.45, 7) is 4.42. The van der Waals surface area contributed by atoms with Crippen molar-refractivity contribution in [3.05, 3.63) is 53.6 Å². The molecule has 0 atom stereocenters. The summed E-state index contributed by atoms with van der Waals surface area (Å²) in [6, 6.07) is 14.4. The van der Waals surface area contributed by atoms with E-state index in [1.54, 1.807) is 7.11 Å². The van der Waals surface area contributed by atoms with Gasteiger partial charge in [-0.2, -0.15) is 0 Å². The second-order valence-electron chi connectivity index (χ2n) is 6.82. The Labute approximate surface area is 154 Å². The molecule has 0 aromatic heterocycles. The lowest BCUT2D eigenvalue weighted by Gasteiger charge is -2.33. The number of rotatable bonds is 4. The fourth-order valence-corrected chi connectivity index (χ4v) is 3.93. The van der Waals surface area contributed by atoms with Gasteiger partial charge in [0.15, 0.2) is 0 Å². The third kappa shape index (κ3) is 3.15. The SMILES string of the molecule is COc1c(CN2C(=O)CCc3ccccc32)cccc1N1CCNCC1. The Kier molecular flexibility index (Phi) is 4.80. The minimum Gasteiger partial charge on any atom is -0.494 e. The van der Waals surface area contributed by atoms with Crippen molar-refractivity contribution in [1.29, 1.82) is 0 Å². The molecule has 136 valence electrons. The molecule has 1 saturated heterocycles. The zero-order valence-corrected chi connectivity index (χ0v) is 15.2. The number of methoxy groups -OCH3 is 1. The summed E-state index contributed by atoms with van der Waals surface area (Å²) in [5.74, 6) is 1.06. The van der Waals surface area contributed by atoms with Crippen LogP contribution in [-0.4, -0.2) is 39.2 Å². The molecule has 2 aromatic rings. The van der Waals surface area contributed by atoms with Crippen LogP contribution in [-0.2, 0) is 17.8 Å². The molecule has 0 saturated carbocycles. The van der Waals surface area contributed by atoms with E-state index < -0.39 is 0 Å². The minimum atomic E-state index is 0.179. The van der Waals surface area contributed by atoms with Crippen LogP contribution < -0.4 is 19.9 Å². The molecule has 1 fully saturated rings. The van der Waals surface area contributed by atoms with E-state index in [-0.39, 0.29) is 5.91 Å². The van der Waals surface area contributed by atoms with Crippen LogP contribution in [0.2, 0.25) is 0 Å². The molecule has 0 radical (unpaired) electrons. The van der Waals surface area contributed by atoms with Crippen LogP contribution in [0.25, 0.3) is 0 Å². The fourth-order valence-electron chi connectivity index (χ4n) is 3.93. The number of para-hydroxylation sites is 2. The quantitative estimate of drug-likeness (QED) is 0.920. The lowest BCUT2D eigenvalue weighted by atomic mass is 10.00. The average Bonchev–Trinajstić information content (AvgIpc) is 2.70. The van der Waals surface area contributed by atoms with Gasteiger partial charge in [0.1, 0.15) is 5.75 Å². The molecule has 1 amide bonds. The molecule has 2 aliphatic rings. The molecule has 0 aliphatic carbocycles. The molecular formula is C21H25N3O2. The lowest BCUT2D eigenvalue weighted by Crippen LogP contribution is -2.43. The summed E-state index contributed by atoms with van der Waals surface area (Å²) >= 11 is 0. The largest absolute Gasteiger partial charge is 0.494 e. The summed E-state index contributed by atoms with van der Waals surface area (Å²) in [6.07, 6.45) is 1.39. The van der Waals surface area contributed by atoms with Crippen LogP contribution >= 0.6 is 0 Å². The number of hydrogen-bond acceptors (Lipinski definition) is 4. The van der Waals surface area contributed by atoms with Crippen LogP contribution in [0, 0.1) is 0 Å². The Balaban J connectivity index is 1.67. The van der Waals surface area contributed by atoms with Crippen molar-refractivity contribution in [3.63, 3.8) is 0 Å². The third-order valence-corrected chi connectivity index (χ3v) is 5.26. The third-order valence-electron chi connectivity index (χ3n) is 5.26. The van der Waals surface area contributed by atoms with Crippen molar-refractivity contribution in [2.45, 2.75) is 19.4 Å². The fraction of sp³-hybridized carbons (Fsp3) is 0.381. The summed E-state index contributed by atoms with van der Waals surface area (Å²) in [5.41, 5.74) is 4.43. The van der Waals surface area contributed by atoms with Crippen LogP contribution in [0.1, 0.15) is 17.5 Å². The smallest absolute Gasteiger partial charge is 0.227 e. The van der Waals surface area contributed by atoms with Gasteiger partial charge in [0.25, 0.3) is 0 Å². The summed E-state index contributed by atoms with van der Waals surface area (Å²) in [7, 11) is 1.72. The molecule has 0 bridgehead atoms. The van der Waals surface area contributed by atoms with Crippen molar-refractivity contribution in [3.8, 4) is 5.75 Å². The molecule has 2 aromatic carbocycles. The number of benzene rings is 2. The van der Waals surface area contributed by atoms with E-state index in [0.717, 1.165) is 55.3 Å². The predicted molar refractivity (Wildman–Crippen MR) is 104 cm³/mol. The molecule has 26 heavy (non-hydrogen) atoms. The van der Waals surface area contributed by atoms with E-state index in [0.29, 0.717) is 13.0 Å². The van der Waals surface area contributed by atoms with Gasteiger partial charge in [-0.1, -0.05) is 30.3 Å². The molecule has 0 unspecified atom stereocenters. The van der Waals surface area contributed by atoms with Gasteiger partial charge in [-0.05, 0) is 24.1 Å². The first-order valence-corrected chi connectivity index (χ1v) is 9.28. The van der Waals surface area contributed by atoms with E-state index in [1.165, 1.54) is 5.56 Å². The zero-order valence-electron chi connectivity index (χ0n) is 15.2. The number of nitrogens with zero attached hydrogens (tertiary/aromatic N) is 2. The molecule has 2 aliphatic heterocycles. The van der Waals surface area contributed by atoms with E-state index in [4.69, 9.17) is 4.74 Å². The monoisotopic (exact) mass is 351 g/mol. The predicted octanol–water partition coefficient (Wildman–Crippen LogP) is 2.58. The Morgan fingerprint density at radius 2 is 1.77 bits per heavy atom. The number of hydrogen-bond donors (Lipinski definition) is 1. The highest BCUT2D eigenvalue weighted by atomic mass is 16.5. The number of carbonyl (C=O) groups excluding carboxylic acids is 1. The second kappa shape index (κ2) is 7.38. The summed E-state index contributed by atoms with van der Waals surface area (Å²) in [5, 5.41) is 3.38. The van der Waals surface area contributed by atoms with Gasteiger partial charge in [-0.15, -0.1) is 0 Å². The van der Waals surface area contributed by atoms with E-state index >= 15 is 0 Å². The number of aryl methyl sites for hydroxylation is 1. The molecule has 4 rings (SSSR count). The number of fused-ring (bicyclic) bond motifs is 1. The maximum Gasteiger partial charge on any atom is 0.227 e. The second-order valence-corrected chi connectivity index (χ2v) is 6.82. The highest BCUT2D eigenvalue weighted by Gasteiger charge is 2.26. The minimum absolute atomic E-state index is 0.179. The van der Waals surface area contributed by atoms with Crippen molar-refractivity contribution < 1.29 is 9.53 Å². The standard InChI is InChI=1S/C21H25N3O2/c1-26-21-17(6-4-8-19(21)23-13-11-22-12-14-23)15-24-18-7-3-2-5-16(18)9-10-20(24)25/h2-8,22H,9-15H2,1H3. The van der Waals surface area contributed by atoms with Crippen LogP contribution in [0.5, 0.6) is 5.75 Å². The molecule has 1 N–H and O–H groups in total. The molecule has 0 spiro atoms. The number of nitrogens with one attached hydrogen (secondary N) is 1. The highest BCUT2D eigenvalue weighted by Crippen LogP contribution is 2.35. The topological polar surface area (TPSA) is 44.8 Å². The van der Waals surface area contributed by atoms with Gasteiger partial charge in [0, 0.05) is 43.9 Å². The normalized spacial score (nSPS) is 17.2. The van der Waals surface area contributed by atoms with E-state index in [9.17, 15) is 4.79 Å². The Morgan fingerprint density at radius 1 is 1.00 bits per heavy atom. The maximum atomic E-state index is 12.6. The van der Waals surface area contributed by atoms with Crippen molar-refractivity contribution in [1.82, 2.24) is 5.32 Å². The summed E-state index contributed by atoms with van der Waals surface area (Å²) in [4.78, 5) is 16.9. The van der Waals surface area contributed by atoms with Crippen molar-refractivity contribution in [2.75, 3.05) is 43.1 Å². The number of carbonyl (C=O) groups is 1. The van der Waals surface area contributed by atoms with Gasteiger partial charge in [-0.3, -0.25) is 4.79 Å². The molecule has 5 heteroatoms. The first kappa shape index (κ1) is 16.9. The molecule has 5 nitrogen and oxygen atoms in total. The number of ether oxygens (including phenoxy) is 1. The first-order chi connectivity index (χ1) is 12.8. The van der Waals surface area contributed by atoms with Crippen LogP contribution in [0.4, 0.5) is 11.4 Å². The van der Waals surface area contributed by atoms with Gasteiger partial charge < -0.3 is 19.9 Å². The van der Waals surface area contributed by atoms with Gasteiger partial charge in [-0.25, -0.2) is 0 Å². The Hall–Kier alpha value is -2.53. The summed E-state index contributed by atoms with van der Waals surface area (Å²) < 4.78 is 5.79. The average molecular weight is 351 g/mol. The van der Waals surface area contributed by atoms with Gasteiger partial charge in [0.2, 0.25) is 5.91 Å². The van der Waals surface area contributed by atoms with Gasteiger partial charge >= 0.3 is 0 Å². The maximum absolute atomic E-state index is 12.6. The number of anilines is 2. The number of amides is 1. The van der Waals surface area contributed by atoms with Crippen LogP contribution in [0.15, 0.2) is 42.5 Å². The molecular weight excluding hydrogens is 326 g/mol. The van der Waals surface area contributed by atoms with Crippen molar-refractivity contribution >= 4 is 17.3 Å². The lowest BCUT2D eigenvalue weighted by molar-refractivity contribution is -0.119. The Bertz CT molecular complexity index is 800. The van der Waals surface area contributed by atoms with Crippen LogP contribution in [0.3, 0.4) is 0 Å².